The highest BCUT2D eigenvalue weighted by Gasteiger charge is 2.31. The first-order chi connectivity index (χ1) is 22.9. The van der Waals surface area contributed by atoms with Gasteiger partial charge in [0.05, 0.1) is 24.2 Å². The van der Waals surface area contributed by atoms with E-state index in [0.717, 1.165) is 48.4 Å². The maximum absolute atomic E-state index is 14.7. The number of carbonyl (C=O) groups excluding carboxylic acids is 1. The van der Waals surface area contributed by atoms with Gasteiger partial charge in [0.1, 0.15) is 35.3 Å². The molecule has 0 saturated carbocycles. The number of imidazole rings is 1. The number of carbonyl (C=O) groups is 1. The summed E-state index contributed by atoms with van der Waals surface area (Å²) in [6.45, 7) is 4.95. The first-order valence-electron chi connectivity index (χ1n) is 15.9. The average Bonchev–Trinajstić information content (AvgIpc) is 3.40. The van der Waals surface area contributed by atoms with Gasteiger partial charge in [-0.05, 0) is 81.2 Å². The van der Waals surface area contributed by atoms with Gasteiger partial charge >= 0.3 is 5.97 Å². The molecular formula is C37H35ClFN3O5. The molecule has 0 spiro atoms. The quantitative estimate of drug-likeness (QED) is 0.124. The van der Waals surface area contributed by atoms with Gasteiger partial charge in [0.2, 0.25) is 0 Å². The number of hydrogen-bond acceptors (Lipinski definition) is 7. The van der Waals surface area contributed by atoms with Crippen LogP contribution in [0.4, 0.5) is 4.39 Å². The number of ether oxygens (including phenoxy) is 4. The molecule has 8 nitrogen and oxygen atoms in total. The molecule has 0 amide bonds. The van der Waals surface area contributed by atoms with Crippen LogP contribution in [-0.2, 0) is 13.6 Å². The first-order valence-corrected chi connectivity index (χ1v) is 16.2. The van der Waals surface area contributed by atoms with E-state index in [1.54, 1.807) is 30.3 Å². The van der Waals surface area contributed by atoms with Crippen molar-refractivity contribution in [2.24, 2.45) is 7.05 Å². The van der Waals surface area contributed by atoms with Crippen molar-refractivity contribution in [3.05, 3.63) is 112 Å². The summed E-state index contributed by atoms with van der Waals surface area (Å²) in [6.07, 6.45) is 1.29. The van der Waals surface area contributed by atoms with Gasteiger partial charge in [-0.25, -0.2) is 14.2 Å². The van der Waals surface area contributed by atoms with Crippen LogP contribution < -0.4 is 18.9 Å². The number of nitrogens with zero attached hydrogens (tertiary/aromatic N) is 3. The SMILES string of the molecule is CCOc1cc(C(=O)Oc2ccccc2)cc2c1nc(CN1CCC(c3cccc4c3O[C@H](c3ccc(Cl)cc3F)CO4)CC1)n2C. The number of piperidine rings is 1. The zero-order valence-corrected chi connectivity index (χ0v) is 27.0. The molecule has 1 saturated heterocycles. The van der Waals surface area contributed by atoms with Crippen LogP contribution in [-0.4, -0.2) is 46.7 Å². The second-order valence-electron chi connectivity index (χ2n) is 11.9. The standard InChI is InChI=1S/C37H35ClFN3O5/c1-3-44-32-19-24(37(43)46-26-8-5-4-6-9-26)18-30-35(32)40-34(41(30)2)21-42-16-14-23(15-17-42)27-10-7-11-31-36(27)47-33(22-45-31)28-13-12-25(38)20-29(28)39/h4-13,18-20,23,33H,3,14-17,21-22H2,1-2H3/t33-/m0/s1. The summed E-state index contributed by atoms with van der Waals surface area (Å²) < 4.78 is 40.7. The highest BCUT2D eigenvalue weighted by Crippen LogP contribution is 2.45. The topological polar surface area (TPSA) is 75.1 Å². The summed E-state index contributed by atoms with van der Waals surface area (Å²) in [7, 11) is 1.97. The minimum Gasteiger partial charge on any atom is -0.492 e. The van der Waals surface area contributed by atoms with E-state index in [9.17, 15) is 9.18 Å². The Kier molecular flexibility index (Phi) is 8.75. The molecule has 5 aromatic rings. The van der Waals surface area contributed by atoms with E-state index < -0.39 is 17.9 Å². The zero-order valence-electron chi connectivity index (χ0n) is 26.2. The molecule has 1 atom stereocenters. The molecule has 0 unspecified atom stereocenters. The molecular weight excluding hydrogens is 621 g/mol. The highest BCUT2D eigenvalue weighted by atomic mass is 35.5. The molecule has 0 bridgehead atoms. The van der Waals surface area contributed by atoms with Crippen LogP contribution in [0, 0.1) is 5.82 Å². The van der Waals surface area contributed by atoms with Crippen LogP contribution in [0.15, 0.2) is 78.9 Å². The predicted molar refractivity (Wildman–Crippen MR) is 177 cm³/mol. The lowest BCUT2D eigenvalue weighted by molar-refractivity contribution is 0.0734. The Labute approximate surface area is 277 Å². The first kappa shape index (κ1) is 31.0. The third-order valence-electron chi connectivity index (χ3n) is 8.90. The van der Waals surface area contributed by atoms with Crippen molar-refractivity contribution < 1.29 is 28.1 Å². The lowest BCUT2D eigenvalue weighted by Gasteiger charge is -2.35. The minimum atomic E-state index is -0.555. The number of likely N-dealkylation sites (tertiary alicyclic amines) is 1. The molecule has 7 rings (SSSR count). The van der Waals surface area contributed by atoms with Crippen molar-refractivity contribution in [3.63, 3.8) is 0 Å². The molecule has 2 aliphatic heterocycles. The van der Waals surface area contributed by atoms with Crippen molar-refractivity contribution in [1.82, 2.24) is 14.5 Å². The molecule has 1 aromatic heterocycles. The third-order valence-corrected chi connectivity index (χ3v) is 9.13. The van der Waals surface area contributed by atoms with Gasteiger partial charge in [-0.2, -0.15) is 0 Å². The van der Waals surface area contributed by atoms with Crippen molar-refractivity contribution in [3.8, 4) is 23.0 Å². The van der Waals surface area contributed by atoms with E-state index in [1.807, 2.05) is 54.9 Å². The van der Waals surface area contributed by atoms with E-state index in [4.69, 9.17) is 35.5 Å². The third kappa shape index (κ3) is 6.38. The summed E-state index contributed by atoms with van der Waals surface area (Å²) >= 11 is 5.97. The van der Waals surface area contributed by atoms with Crippen LogP contribution >= 0.6 is 11.6 Å². The fourth-order valence-electron chi connectivity index (χ4n) is 6.44. The smallest absolute Gasteiger partial charge is 0.343 e. The minimum absolute atomic E-state index is 0.228. The number of benzene rings is 4. The fourth-order valence-corrected chi connectivity index (χ4v) is 6.60. The molecule has 3 heterocycles. The number of para-hydroxylation sites is 2. The maximum atomic E-state index is 14.7. The van der Waals surface area contributed by atoms with Gasteiger partial charge in [0.25, 0.3) is 0 Å². The van der Waals surface area contributed by atoms with E-state index >= 15 is 0 Å². The molecule has 0 aliphatic carbocycles. The van der Waals surface area contributed by atoms with Crippen LogP contribution in [0.5, 0.6) is 23.0 Å². The normalized spacial score (nSPS) is 16.7. The molecule has 4 aromatic carbocycles. The van der Waals surface area contributed by atoms with E-state index in [2.05, 4.69) is 11.0 Å². The van der Waals surface area contributed by atoms with Crippen molar-refractivity contribution in [1.29, 1.82) is 0 Å². The number of hydrogen-bond donors (Lipinski definition) is 0. The van der Waals surface area contributed by atoms with Gasteiger partial charge in [-0.1, -0.05) is 48.0 Å². The largest absolute Gasteiger partial charge is 0.492 e. The number of fused-ring (bicyclic) bond motifs is 2. The summed E-state index contributed by atoms with van der Waals surface area (Å²) in [5, 5.41) is 0.345. The lowest BCUT2D eigenvalue weighted by atomic mass is 9.88. The Morgan fingerprint density at radius 2 is 1.83 bits per heavy atom. The Morgan fingerprint density at radius 1 is 1.02 bits per heavy atom. The summed E-state index contributed by atoms with van der Waals surface area (Å²) in [4.78, 5) is 20.4. The second kappa shape index (κ2) is 13.3. The Hall–Kier alpha value is -4.60. The number of aromatic nitrogens is 2. The summed E-state index contributed by atoms with van der Waals surface area (Å²) in [5.41, 5.74) is 3.44. The zero-order chi connectivity index (χ0) is 32.5. The number of halogens is 2. The predicted octanol–water partition coefficient (Wildman–Crippen LogP) is 7.88. The van der Waals surface area contributed by atoms with Crippen LogP contribution in [0.1, 0.15) is 59.1 Å². The number of rotatable bonds is 8. The van der Waals surface area contributed by atoms with E-state index in [-0.39, 0.29) is 12.5 Å². The van der Waals surface area contributed by atoms with Gasteiger partial charge in [0.15, 0.2) is 17.6 Å². The van der Waals surface area contributed by atoms with Crippen LogP contribution in [0.2, 0.25) is 5.02 Å². The molecule has 0 radical (unpaired) electrons. The highest BCUT2D eigenvalue weighted by molar-refractivity contribution is 6.30. The Balaban J connectivity index is 1.06. The van der Waals surface area contributed by atoms with Gasteiger partial charge in [-0.3, -0.25) is 4.90 Å². The second-order valence-corrected chi connectivity index (χ2v) is 12.3. The maximum Gasteiger partial charge on any atom is 0.343 e. The molecule has 1 fully saturated rings. The van der Waals surface area contributed by atoms with Crippen molar-refractivity contribution in [2.75, 3.05) is 26.3 Å². The number of esters is 1. The van der Waals surface area contributed by atoms with Gasteiger partial charge in [0, 0.05) is 23.2 Å². The monoisotopic (exact) mass is 655 g/mol. The molecule has 242 valence electrons. The molecule has 10 heteroatoms. The van der Waals surface area contributed by atoms with E-state index in [1.165, 1.54) is 6.07 Å². The molecule has 47 heavy (non-hydrogen) atoms. The molecule has 0 N–H and O–H groups in total. The van der Waals surface area contributed by atoms with Crippen LogP contribution in [0.3, 0.4) is 0 Å². The summed E-state index contributed by atoms with van der Waals surface area (Å²) in [6, 6.07) is 23.1. The van der Waals surface area contributed by atoms with Crippen molar-refractivity contribution >= 4 is 28.6 Å². The van der Waals surface area contributed by atoms with Gasteiger partial charge < -0.3 is 23.5 Å². The fraction of sp³-hybridized carbons (Fsp3) is 0.297. The Morgan fingerprint density at radius 3 is 2.60 bits per heavy atom. The summed E-state index contributed by atoms with van der Waals surface area (Å²) in [5.74, 6) is 2.71. The number of aryl methyl sites for hydroxylation is 1. The Bertz CT molecular complexity index is 1920. The van der Waals surface area contributed by atoms with Crippen molar-refractivity contribution in [2.45, 2.75) is 38.3 Å². The average molecular weight is 656 g/mol. The molecule has 2 aliphatic rings. The lowest BCUT2D eigenvalue weighted by Crippen LogP contribution is -2.33. The van der Waals surface area contributed by atoms with Gasteiger partial charge in [-0.15, -0.1) is 0 Å². The van der Waals surface area contributed by atoms with E-state index in [0.29, 0.717) is 52.3 Å². The van der Waals surface area contributed by atoms with Crippen LogP contribution in [0.25, 0.3) is 11.0 Å².